The Morgan fingerprint density at radius 2 is 1.87 bits per heavy atom. The molecule has 1 fully saturated rings. The van der Waals surface area contributed by atoms with Crippen LogP contribution in [0.2, 0.25) is 0 Å². The summed E-state index contributed by atoms with van der Waals surface area (Å²) in [6, 6.07) is 15.0. The van der Waals surface area contributed by atoms with E-state index in [0.717, 1.165) is 59.7 Å². The molecule has 1 saturated heterocycles. The van der Waals surface area contributed by atoms with E-state index in [9.17, 15) is 0 Å². The lowest BCUT2D eigenvalue weighted by atomic mass is 9.86. The van der Waals surface area contributed by atoms with Crippen molar-refractivity contribution in [3.05, 3.63) is 65.8 Å². The van der Waals surface area contributed by atoms with Gasteiger partial charge in [-0.05, 0) is 55.9 Å². The minimum atomic E-state index is 0.180. The largest absolute Gasteiger partial charge is 0.397 e. The van der Waals surface area contributed by atoms with Crippen LogP contribution in [0.1, 0.15) is 35.9 Å². The average Bonchev–Trinajstić information content (AvgIpc) is 3.33. The van der Waals surface area contributed by atoms with Gasteiger partial charge in [-0.3, -0.25) is 0 Å². The Labute approximate surface area is 175 Å². The van der Waals surface area contributed by atoms with Crippen LogP contribution in [-0.4, -0.2) is 27.9 Å². The number of anilines is 1. The molecule has 0 bridgehead atoms. The van der Waals surface area contributed by atoms with E-state index in [1.807, 2.05) is 26.2 Å². The normalized spacial score (nSPS) is 16.2. The van der Waals surface area contributed by atoms with Crippen molar-refractivity contribution < 1.29 is 9.26 Å². The first-order chi connectivity index (χ1) is 14.6. The Morgan fingerprint density at radius 3 is 2.57 bits per heavy atom. The number of hydrogen-bond acceptors (Lipinski definition) is 5. The first-order valence-electron chi connectivity index (χ1n) is 10.5. The number of nitrogens with two attached hydrogens (primary N) is 1. The maximum absolute atomic E-state index is 6.45. The van der Waals surface area contributed by atoms with Gasteiger partial charge in [-0.15, -0.1) is 0 Å². The third kappa shape index (κ3) is 3.17. The van der Waals surface area contributed by atoms with Crippen LogP contribution >= 0.6 is 0 Å². The van der Waals surface area contributed by atoms with Gasteiger partial charge in [0.2, 0.25) is 0 Å². The van der Waals surface area contributed by atoms with E-state index in [1.54, 1.807) is 0 Å². The molecule has 6 nitrogen and oxygen atoms in total. The smallest absolute Gasteiger partial charge is 0.141 e. The molecule has 0 radical (unpaired) electrons. The molecule has 0 amide bonds. The summed E-state index contributed by atoms with van der Waals surface area (Å²) in [4.78, 5) is 4.69. The molecule has 5 rings (SSSR count). The quantitative estimate of drug-likeness (QED) is 0.491. The number of benzene rings is 2. The maximum atomic E-state index is 6.45. The molecule has 0 spiro atoms. The summed E-state index contributed by atoms with van der Waals surface area (Å²) in [7, 11) is 0. The first-order valence-corrected chi connectivity index (χ1v) is 10.5. The summed E-state index contributed by atoms with van der Waals surface area (Å²) in [5.74, 6) is 1.27. The van der Waals surface area contributed by atoms with Crippen molar-refractivity contribution in [1.82, 2.24) is 14.7 Å². The Balaban J connectivity index is 1.70. The molecule has 1 aliphatic heterocycles. The van der Waals surface area contributed by atoms with Crippen LogP contribution in [0.3, 0.4) is 0 Å². The van der Waals surface area contributed by atoms with Gasteiger partial charge in [0, 0.05) is 18.8 Å². The number of nitrogen functional groups attached to an aromatic ring is 1. The standard InChI is InChI=1S/C24H26N4O2/c1-15-22(16(2)30-27-15)19-12-20(25)23-21(13-19)28(14-26-23)24(17-6-4-3-5-7-17)18-8-10-29-11-9-18/h3-7,12-14,18,24H,8-11,25H2,1-2H3/t24-/m0/s1. The fourth-order valence-corrected chi connectivity index (χ4v) is 4.76. The number of aromatic nitrogens is 3. The molecular weight excluding hydrogens is 376 g/mol. The minimum Gasteiger partial charge on any atom is -0.397 e. The number of rotatable bonds is 4. The molecule has 0 unspecified atom stereocenters. The Kier molecular flexibility index (Phi) is 4.79. The van der Waals surface area contributed by atoms with Crippen LogP contribution in [0.15, 0.2) is 53.3 Å². The van der Waals surface area contributed by atoms with Crippen molar-refractivity contribution in [2.45, 2.75) is 32.7 Å². The van der Waals surface area contributed by atoms with Crippen molar-refractivity contribution >= 4 is 16.7 Å². The van der Waals surface area contributed by atoms with E-state index in [-0.39, 0.29) is 6.04 Å². The summed E-state index contributed by atoms with van der Waals surface area (Å²) in [5.41, 5.74) is 13.1. The molecule has 1 atom stereocenters. The van der Waals surface area contributed by atoms with Gasteiger partial charge in [0.05, 0.1) is 29.3 Å². The lowest BCUT2D eigenvalue weighted by molar-refractivity contribution is 0.0547. The summed E-state index contributed by atoms with van der Waals surface area (Å²) < 4.78 is 13.3. The number of imidazole rings is 1. The Bertz CT molecular complexity index is 1150. The number of aryl methyl sites for hydroxylation is 2. The van der Waals surface area contributed by atoms with Crippen LogP contribution in [0.5, 0.6) is 0 Å². The molecule has 0 aliphatic carbocycles. The van der Waals surface area contributed by atoms with Crippen LogP contribution in [0.25, 0.3) is 22.2 Å². The highest BCUT2D eigenvalue weighted by Gasteiger charge is 2.28. The molecule has 154 valence electrons. The van der Waals surface area contributed by atoms with E-state index >= 15 is 0 Å². The van der Waals surface area contributed by atoms with E-state index in [2.05, 4.69) is 46.1 Å². The molecule has 2 aromatic carbocycles. The predicted molar refractivity (Wildman–Crippen MR) is 117 cm³/mol. The maximum Gasteiger partial charge on any atom is 0.141 e. The van der Waals surface area contributed by atoms with Gasteiger partial charge in [-0.1, -0.05) is 35.5 Å². The van der Waals surface area contributed by atoms with Crippen molar-refractivity contribution in [2.24, 2.45) is 5.92 Å². The van der Waals surface area contributed by atoms with Gasteiger partial charge in [0.1, 0.15) is 11.3 Å². The second-order valence-corrected chi connectivity index (χ2v) is 8.09. The number of ether oxygens (including phenoxy) is 1. The molecule has 4 aromatic rings. The molecule has 3 heterocycles. The lowest BCUT2D eigenvalue weighted by Crippen LogP contribution is -2.26. The summed E-state index contributed by atoms with van der Waals surface area (Å²) in [6.07, 6.45) is 3.99. The van der Waals surface area contributed by atoms with E-state index < -0.39 is 0 Å². The Hall–Kier alpha value is -3.12. The zero-order valence-electron chi connectivity index (χ0n) is 17.3. The topological polar surface area (TPSA) is 79.1 Å². The van der Waals surface area contributed by atoms with Crippen LogP contribution < -0.4 is 5.73 Å². The van der Waals surface area contributed by atoms with Crippen molar-refractivity contribution in [2.75, 3.05) is 18.9 Å². The van der Waals surface area contributed by atoms with Crippen molar-refractivity contribution in [3.8, 4) is 11.1 Å². The van der Waals surface area contributed by atoms with Crippen LogP contribution in [0.4, 0.5) is 5.69 Å². The second-order valence-electron chi connectivity index (χ2n) is 8.09. The fourth-order valence-electron chi connectivity index (χ4n) is 4.76. The fraction of sp³-hybridized carbons (Fsp3) is 0.333. The van der Waals surface area contributed by atoms with Gasteiger partial charge >= 0.3 is 0 Å². The molecular formula is C24H26N4O2. The number of hydrogen-bond donors (Lipinski definition) is 1. The third-order valence-corrected chi connectivity index (χ3v) is 6.18. The van der Waals surface area contributed by atoms with E-state index in [1.165, 1.54) is 5.56 Å². The minimum absolute atomic E-state index is 0.180. The number of fused-ring (bicyclic) bond motifs is 1. The van der Waals surface area contributed by atoms with Gasteiger partial charge in [0.15, 0.2) is 0 Å². The molecule has 1 aliphatic rings. The molecule has 30 heavy (non-hydrogen) atoms. The average molecular weight is 402 g/mol. The number of nitrogens with zero attached hydrogens (tertiary/aromatic N) is 3. The molecule has 2 N–H and O–H groups in total. The van der Waals surface area contributed by atoms with E-state index in [0.29, 0.717) is 11.6 Å². The highest BCUT2D eigenvalue weighted by molar-refractivity contribution is 5.93. The van der Waals surface area contributed by atoms with Gasteiger partial charge in [-0.2, -0.15) is 0 Å². The summed E-state index contributed by atoms with van der Waals surface area (Å²) in [6.45, 7) is 5.49. The van der Waals surface area contributed by atoms with Gasteiger partial charge < -0.3 is 19.6 Å². The van der Waals surface area contributed by atoms with Gasteiger partial charge in [-0.25, -0.2) is 4.98 Å². The molecule has 6 heteroatoms. The zero-order chi connectivity index (χ0) is 20.7. The van der Waals surface area contributed by atoms with E-state index in [4.69, 9.17) is 20.0 Å². The van der Waals surface area contributed by atoms with Crippen molar-refractivity contribution in [1.29, 1.82) is 0 Å². The summed E-state index contributed by atoms with van der Waals surface area (Å²) >= 11 is 0. The molecule has 2 aromatic heterocycles. The predicted octanol–water partition coefficient (Wildman–Crippen LogP) is 4.91. The second kappa shape index (κ2) is 7.61. The molecule has 0 saturated carbocycles. The Morgan fingerprint density at radius 1 is 1.10 bits per heavy atom. The highest BCUT2D eigenvalue weighted by atomic mass is 16.5. The van der Waals surface area contributed by atoms with Gasteiger partial charge in [0.25, 0.3) is 0 Å². The lowest BCUT2D eigenvalue weighted by Gasteiger charge is -2.32. The van der Waals surface area contributed by atoms with Crippen LogP contribution in [0, 0.1) is 19.8 Å². The SMILES string of the molecule is Cc1noc(C)c1-c1cc(N)c2ncn([C@@H](c3ccccc3)C3CCOCC3)c2c1. The van der Waals surface area contributed by atoms with Crippen LogP contribution in [-0.2, 0) is 4.74 Å². The van der Waals surface area contributed by atoms with Crippen molar-refractivity contribution in [3.63, 3.8) is 0 Å². The third-order valence-electron chi connectivity index (χ3n) is 6.18. The first kappa shape index (κ1) is 18.9. The zero-order valence-corrected chi connectivity index (χ0v) is 17.3. The monoisotopic (exact) mass is 402 g/mol. The summed E-state index contributed by atoms with van der Waals surface area (Å²) in [5, 5.41) is 4.12. The highest BCUT2D eigenvalue weighted by Crippen LogP contribution is 2.38.